The molecule has 6 nitrogen and oxygen atoms in total. The molecule has 0 aliphatic carbocycles. The zero-order chi connectivity index (χ0) is 18.9. The highest BCUT2D eigenvalue weighted by Gasteiger charge is 2.50. The SMILES string of the molecule is CC(C)N1C(=O)CC(=O)N(C)P1(=O)Oc1ccc(-c2ccccc2)cc1. The summed E-state index contributed by atoms with van der Waals surface area (Å²) in [6.07, 6.45) is -0.297. The van der Waals surface area contributed by atoms with Crippen LogP contribution in [0.2, 0.25) is 0 Å². The zero-order valence-corrected chi connectivity index (χ0v) is 15.8. The van der Waals surface area contributed by atoms with Crippen LogP contribution in [-0.4, -0.2) is 34.2 Å². The lowest BCUT2D eigenvalue weighted by Crippen LogP contribution is -2.48. The zero-order valence-electron chi connectivity index (χ0n) is 15.0. The summed E-state index contributed by atoms with van der Waals surface area (Å²) in [5.41, 5.74) is 2.04. The van der Waals surface area contributed by atoms with E-state index in [4.69, 9.17) is 4.52 Å². The Morgan fingerprint density at radius 3 is 2.08 bits per heavy atom. The van der Waals surface area contributed by atoms with E-state index < -0.39 is 19.5 Å². The molecule has 0 radical (unpaired) electrons. The summed E-state index contributed by atoms with van der Waals surface area (Å²) in [6, 6.07) is 16.6. The smallest absolute Gasteiger partial charge is 0.414 e. The van der Waals surface area contributed by atoms with Crippen LogP contribution in [0.1, 0.15) is 20.3 Å². The molecule has 1 aliphatic heterocycles. The number of nitrogens with zero attached hydrogens (tertiary/aromatic N) is 2. The Kier molecular flexibility index (Phi) is 4.88. The van der Waals surface area contributed by atoms with E-state index in [1.54, 1.807) is 26.0 Å². The van der Waals surface area contributed by atoms with Crippen molar-refractivity contribution in [3.05, 3.63) is 54.6 Å². The van der Waals surface area contributed by atoms with Gasteiger partial charge in [0.15, 0.2) is 0 Å². The molecule has 0 bridgehead atoms. The van der Waals surface area contributed by atoms with Gasteiger partial charge in [0.2, 0.25) is 11.8 Å². The molecule has 1 atom stereocenters. The maximum atomic E-state index is 13.5. The van der Waals surface area contributed by atoms with Gasteiger partial charge in [-0.3, -0.25) is 9.59 Å². The third-order valence-electron chi connectivity index (χ3n) is 4.25. The van der Waals surface area contributed by atoms with Crippen molar-refractivity contribution < 1.29 is 18.7 Å². The minimum absolute atomic E-state index is 0.297. The number of hydrogen-bond donors (Lipinski definition) is 0. The molecule has 0 saturated carbocycles. The molecule has 1 heterocycles. The summed E-state index contributed by atoms with van der Waals surface area (Å²) in [5.74, 6) is -0.642. The Labute approximate surface area is 152 Å². The minimum atomic E-state index is -3.82. The molecular weight excluding hydrogens is 351 g/mol. The van der Waals surface area contributed by atoms with Crippen molar-refractivity contribution >= 4 is 19.5 Å². The van der Waals surface area contributed by atoms with Crippen LogP contribution in [0.3, 0.4) is 0 Å². The quantitative estimate of drug-likeness (QED) is 0.602. The van der Waals surface area contributed by atoms with E-state index in [1.165, 1.54) is 11.7 Å². The second kappa shape index (κ2) is 6.96. The summed E-state index contributed by atoms with van der Waals surface area (Å²) in [7, 11) is -2.42. The number of carbonyl (C=O) groups is 2. The lowest BCUT2D eigenvalue weighted by molar-refractivity contribution is -0.139. The van der Waals surface area contributed by atoms with E-state index in [9.17, 15) is 14.2 Å². The molecule has 0 N–H and O–H groups in total. The fraction of sp³-hybridized carbons (Fsp3) is 0.263. The van der Waals surface area contributed by atoms with Crippen molar-refractivity contribution in [2.45, 2.75) is 26.3 Å². The highest BCUT2D eigenvalue weighted by atomic mass is 31.2. The molecular formula is C19H21N2O4P. The average molecular weight is 372 g/mol. The lowest BCUT2D eigenvalue weighted by atomic mass is 10.1. The van der Waals surface area contributed by atoms with Crippen molar-refractivity contribution in [1.29, 1.82) is 0 Å². The Morgan fingerprint density at radius 2 is 1.50 bits per heavy atom. The summed E-state index contributed by atoms with van der Waals surface area (Å²) >= 11 is 0. The van der Waals surface area contributed by atoms with Gasteiger partial charge in [0.05, 0.1) is 0 Å². The summed E-state index contributed by atoms with van der Waals surface area (Å²) < 4.78 is 21.4. The Bertz CT molecular complexity index is 865. The Hall–Kier alpha value is -2.59. The Balaban J connectivity index is 1.91. The molecule has 0 aromatic heterocycles. The van der Waals surface area contributed by atoms with Crippen LogP contribution in [0.15, 0.2) is 54.6 Å². The number of hydrogen-bond acceptors (Lipinski definition) is 4. The van der Waals surface area contributed by atoms with Crippen molar-refractivity contribution in [3.63, 3.8) is 0 Å². The third kappa shape index (κ3) is 3.25. The van der Waals surface area contributed by atoms with E-state index in [1.807, 2.05) is 42.5 Å². The van der Waals surface area contributed by atoms with Crippen LogP contribution in [0.5, 0.6) is 5.75 Å². The molecule has 2 aromatic carbocycles. The van der Waals surface area contributed by atoms with Gasteiger partial charge in [-0.05, 0) is 37.1 Å². The predicted molar refractivity (Wildman–Crippen MR) is 99.5 cm³/mol. The first kappa shape index (κ1) is 18.2. The molecule has 3 rings (SSSR count). The fourth-order valence-electron chi connectivity index (χ4n) is 2.91. The van der Waals surface area contributed by atoms with Crippen LogP contribution in [-0.2, 0) is 14.2 Å². The summed E-state index contributed by atoms with van der Waals surface area (Å²) in [4.78, 5) is 24.3. The first-order chi connectivity index (χ1) is 12.3. The van der Waals surface area contributed by atoms with Crippen molar-refractivity contribution in [3.8, 4) is 16.9 Å². The number of rotatable bonds is 4. The van der Waals surface area contributed by atoms with Crippen molar-refractivity contribution in [1.82, 2.24) is 9.34 Å². The van der Waals surface area contributed by atoms with Crippen molar-refractivity contribution in [2.75, 3.05) is 7.05 Å². The largest absolute Gasteiger partial charge is 0.453 e. The van der Waals surface area contributed by atoms with Gasteiger partial charge in [0.25, 0.3) is 0 Å². The predicted octanol–water partition coefficient (Wildman–Crippen LogP) is 3.94. The van der Waals surface area contributed by atoms with Gasteiger partial charge >= 0.3 is 7.67 Å². The first-order valence-corrected chi connectivity index (χ1v) is 9.90. The summed E-state index contributed by atoms with van der Waals surface area (Å²) in [5, 5.41) is 0. The van der Waals surface area contributed by atoms with Crippen LogP contribution in [0, 0.1) is 0 Å². The summed E-state index contributed by atoms with van der Waals surface area (Å²) in [6.45, 7) is 3.49. The number of benzene rings is 2. The molecule has 0 spiro atoms. The highest BCUT2D eigenvalue weighted by Crippen LogP contribution is 2.57. The van der Waals surface area contributed by atoms with E-state index in [0.717, 1.165) is 15.8 Å². The molecule has 1 saturated heterocycles. The normalized spacial score (nSPS) is 20.6. The van der Waals surface area contributed by atoms with Crippen LogP contribution in [0.4, 0.5) is 0 Å². The third-order valence-corrected chi connectivity index (χ3v) is 6.90. The molecule has 2 amide bonds. The van der Waals surface area contributed by atoms with Gasteiger partial charge in [0, 0.05) is 13.1 Å². The second-order valence-corrected chi connectivity index (χ2v) is 8.59. The van der Waals surface area contributed by atoms with Crippen LogP contribution < -0.4 is 4.52 Å². The molecule has 26 heavy (non-hydrogen) atoms. The molecule has 1 fully saturated rings. The maximum absolute atomic E-state index is 13.5. The van der Waals surface area contributed by atoms with E-state index in [2.05, 4.69) is 0 Å². The van der Waals surface area contributed by atoms with Gasteiger partial charge in [-0.2, -0.15) is 0 Å². The minimum Gasteiger partial charge on any atom is -0.414 e. The van der Waals surface area contributed by atoms with E-state index in [-0.39, 0.29) is 12.5 Å². The van der Waals surface area contributed by atoms with Gasteiger partial charge < -0.3 is 4.52 Å². The van der Waals surface area contributed by atoms with E-state index in [0.29, 0.717) is 5.75 Å². The molecule has 2 aromatic rings. The van der Waals surface area contributed by atoms with E-state index >= 15 is 0 Å². The standard InChI is InChI=1S/C19H21N2O4P/c1-14(2)21-19(23)13-18(22)20(3)26(21,24)25-17-11-9-16(10-12-17)15-7-5-4-6-8-15/h4-12,14H,13H2,1-3H3. The molecule has 1 aliphatic rings. The second-order valence-electron chi connectivity index (χ2n) is 6.40. The van der Waals surface area contributed by atoms with Gasteiger partial charge in [0.1, 0.15) is 12.2 Å². The maximum Gasteiger partial charge on any atom is 0.453 e. The monoisotopic (exact) mass is 372 g/mol. The average Bonchev–Trinajstić information content (AvgIpc) is 2.61. The Morgan fingerprint density at radius 1 is 0.923 bits per heavy atom. The fourth-order valence-corrected chi connectivity index (χ4v) is 5.10. The molecule has 1 unspecified atom stereocenters. The molecule has 136 valence electrons. The lowest BCUT2D eigenvalue weighted by Gasteiger charge is -2.41. The van der Waals surface area contributed by atoms with Crippen LogP contribution >= 0.6 is 7.67 Å². The highest BCUT2D eigenvalue weighted by molar-refractivity contribution is 7.56. The molecule has 7 heteroatoms. The van der Waals surface area contributed by atoms with Gasteiger partial charge in [-0.1, -0.05) is 42.5 Å². The van der Waals surface area contributed by atoms with Gasteiger partial charge in [-0.15, -0.1) is 0 Å². The van der Waals surface area contributed by atoms with Crippen LogP contribution in [0.25, 0.3) is 11.1 Å². The topological polar surface area (TPSA) is 66.9 Å². The number of amides is 2. The van der Waals surface area contributed by atoms with Crippen molar-refractivity contribution in [2.24, 2.45) is 0 Å². The first-order valence-electron chi connectivity index (χ1n) is 8.37. The van der Waals surface area contributed by atoms with Gasteiger partial charge in [-0.25, -0.2) is 13.9 Å². The number of carbonyl (C=O) groups excluding carboxylic acids is 2.